The van der Waals surface area contributed by atoms with E-state index in [1.807, 2.05) is 0 Å². The van der Waals surface area contributed by atoms with E-state index in [0.29, 0.717) is 0 Å². The van der Waals surface area contributed by atoms with Gasteiger partial charge in [-0.3, -0.25) is 9.69 Å². The molecule has 0 spiro atoms. The van der Waals surface area contributed by atoms with Gasteiger partial charge < -0.3 is 10.0 Å². The van der Waals surface area contributed by atoms with Gasteiger partial charge in [-0.05, 0) is 40.2 Å². The van der Waals surface area contributed by atoms with E-state index in [1.54, 1.807) is 11.3 Å². The first-order chi connectivity index (χ1) is 9.88. The third-order valence-electron chi connectivity index (χ3n) is 4.83. The second kappa shape index (κ2) is 5.25. The molecule has 0 aromatic carbocycles. The summed E-state index contributed by atoms with van der Waals surface area (Å²) in [4.78, 5) is 22.0. The maximum atomic E-state index is 11.4. The Morgan fingerprint density at radius 3 is 2.86 bits per heavy atom. The highest BCUT2D eigenvalue weighted by Crippen LogP contribution is 2.39. The Bertz CT molecular complexity index is 555. The molecule has 1 atom stereocenters. The first-order valence-corrected chi connectivity index (χ1v) is 8.39. The molecule has 3 rings (SSSR count). The van der Waals surface area contributed by atoms with Crippen molar-refractivity contribution >= 4 is 22.4 Å². The molecule has 1 saturated heterocycles. The Morgan fingerprint density at radius 2 is 2.19 bits per heavy atom. The highest BCUT2D eigenvalue weighted by Gasteiger charge is 2.35. The molecule has 0 bridgehead atoms. The highest BCUT2D eigenvalue weighted by molar-refractivity contribution is 7.15. The lowest BCUT2D eigenvalue weighted by molar-refractivity contribution is -0.139. The Kier molecular flexibility index (Phi) is 3.69. The standard InChI is InChI=1S/C15H23N3O2S/c1-15(2)9-18(8-7-17(15)3)14-16-12-10(13(19)20)5-4-6-11(12)21-14/h10H,4-9H2,1-3H3,(H,19,20). The quantitative estimate of drug-likeness (QED) is 0.907. The number of aryl methyl sites for hydroxylation is 1. The number of nitrogens with zero attached hydrogens (tertiary/aromatic N) is 3. The Balaban J connectivity index is 1.86. The molecule has 5 nitrogen and oxygen atoms in total. The Labute approximate surface area is 129 Å². The lowest BCUT2D eigenvalue weighted by atomic mass is 9.91. The van der Waals surface area contributed by atoms with E-state index in [0.717, 1.165) is 49.7 Å². The van der Waals surface area contributed by atoms with Crippen LogP contribution in [0.2, 0.25) is 0 Å². The van der Waals surface area contributed by atoms with E-state index in [9.17, 15) is 9.90 Å². The van der Waals surface area contributed by atoms with Gasteiger partial charge >= 0.3 is 5.97 Å². The van der Waals surface area contributed by atoms with Gasteiger partial charge in [0, 0.05) is 30.1 Å². The molecule has 21 heavy (non-hydrogen) atoms. The van der Waals surface area contributed by atoms with Gasteiger partial charge in [0.2, 0.25) is 0 Å². The number of rotatable bonds is 2. The molecule has 1 aromatic heterocycles. The third kappa shape index (κ3) is 2.66. The predicted octanol–water partition coefficient (Wildman–Crippen LogP) is 2.18. The fourth-order valence-electron chi connectivity index (χ4n) is 3.18. The van der Waals surface area contributed by atoms with Crippen molar-refractivity contribution in [2.24, 2.45) is 0 Å². The third-order valence-corrected chi connectivity index (χ3v) is 6.02. The largest absolute Gasteiger partial charge is 0.481 e. The van der Waals surface area contributed by atoms with Crippen molar-refractivity contribution in [3.05, 3.63) is 10.6 Å². The van der Waals surface area contributed by atoms with Crippen molar-refractivity contribution in [1.82, 2.24) is 9.88 Å². The summed E-state index contributed by atoms with van der Waals surface area (Å²) in [5.41, 5.74) is 0.946. The molecule has 1 N–H and O–H groups in total. The van der Waals surface area contributed by atoms with Crippen molar-refractivity contribution < 1.29 is 9.90 Å². The van der Waals surface area contributed by atoms with Crippen LogP contribution in [0.4, 0.5) is 5.13 Å². The van der Waals surface area contributed by atoms with E-state index in [2.05, 4.69) is 30.7 Å². The number of hydrogen-bond donors (Lipinski definition) is 1. The summed E-state index contributed by atoms with van der Waals surface area (Å²) >= 11 is 1.70. The van der Waals surface area contributed by atoms with Crippen LogP contribution in [0.15, 0.2) is 0 Å². The molecule has 2 heterocycles. The van der Waals surface area contributed by atoms with Crippen LogP contribution in [-0.4, -0.2) is 53.2 Å². The van der Waals surface area contributed by atoms with E-state index in [-0.39, 0.29) is 5.54 Å². The summed E-state index contributed by atoms with van der Waals surface area (Å²) in [6, 6.07) is 0. The topological polar surface area (TPSA) is 56.7 Å². The second-order valence-corrected chi connectivity index (χ2v) is 7.81. The van der Waals surface area contributed by atoms with Gasteiger partial charge in [-0.2, -0.15) is 0 Å². The smallest absolute Gasteiger partial charge is 0.312 e. The molecule has 1 aromatic rings. The van der Waals surface area contributed by atoms with E-state index in [4.69, 9.17) is 4.98 Å². The van der Waals surface area contributed by atoms with Crippen LogP contribution in [0.3, 0.4) is 0 Å². The van der Waals surface area contributed by atoms with Crippen LogP contribution in [-0.2, 0) is 11.2 Å². The summed E-state index contributed by atoms with van der Waals surface area (Å²) < 4.78 is 0. The molecule has 0 saturated carbocycles. The number of anilines is 1. The van der Waals surface area contributed by atoms with E-state index >= 15 is 0 Å². The molecule has 1 unspecified atom stereocenters. The van der Waals surface area contributed by atoms with E-state index in [1.165, 1.54) is 4.88 Å². The predicted molar refractivity (Wildman–Crippen MR) is 84.4 cm³/mol. The summed E-state index contributed by atoms with van der Waals surface area (Å²) in [7, 11) is 2.16. The average molecular weight is 309 g/mol. The number of aliphatic carboxylic acids is 1. The minimum Gasteiger partial charge on any atom is -0.481 e. The van der Waals surface area contributed by atoms with Gasteiger partial charge in [-0.15, -0.1) is 11.3 Å². The fourth-order valence-corrected chi connectivity index (χ4v) is 4.37. The number of thiazole rings is 1. The number of carbonyl (C=O) groups is 1. The molecular weight excluding hydrogens is 286 g/mol. The molecule has 6 heteroatoms. The number of aromatic nitrogens is 1. The molecule has 116 valence electrons. The minimum atomic E-state index is -0.730. The Morgan fingerprint density at radius 1 is 1.43 bits per heavy atom. The average Bonchev–Trinajstić information content (AvgIpc) is 2.85. The fraction of sp³-hybridized carbons (Fsp3) is 0.733. The molecule has 1 fully saturated rings. The monoisotopic (exact) mass is 309 g/mol. The summed E-state index contributed by atoms with van der Waals surface area (Å²) in [6.45, 7) is 7.40. The summed E-state index contributed by atoms with van der Waals surface area (Å²) in [5.74, 6) is -1.13. The lowest BCUT2D eigenvalue weighted by Gasteiger charge is -2.45. The number of piperazine rings is 1. The first-order valence-electron chi connectivity index (χ1n) is 7.57. The Hall–Kier alpha value is -1.14. The number of fused-ring (bicyclic) bond motifs is 1. The van der Waals surface area contributed by atoms with Crippen LogP contribution in [0, 0.1) is 0 Å². The van der Waals surface area contributed by atoms with Crippen molar-refractivity contribution in [1.29, 1.82) is 0 Å². The molecule has 1 aliphatic carbocycles. The lowest BCUT2D eigenvalue weighted by Crippen LogP contribution is -2.57. The SMILES string of the molecule is CN1CCN(c2nc3c(s2)CCCC3C(=O)O)CC1(C)C. The van der Waals surface area contributed by atoms with Crippen LogP contribution in [0.5, 0.6) is 0 Å². The van der Waals surface area contributed by atoms with Gasteiger partial charge in [0.05, 0.1) is 5.69 Å². The van der Waals surface area contributed by atoms with Crippen LogP contribution in [0.1, 0.15) is 43.2 Å². The maximum Gasteiger partial charge on any atom is 0.312 e. The van der Waals surface area contributed by atoms with Crippen molar-refractivity contribution in [3.8, 4) is 0 Å². The van der Waals surface area contributed by atoms with Crippen LogP contribution in [0.25, 0.3) is 0 Å². The number of carboxylic acids is 1. The summed E-state index contributed by atoms with van der Waals surface area (Å²) in [5, 5.41) is 10.4. The van der Waals surface area contributed by atoms with Crippen molar-refractivity contribution in [2.75, 3.05) is 31.6 Å². The van der Waals surface area contributed by atoms with Gasteiger partial charge in [0.25, 0.3) is 0 Å². The molecule has 0 radical (unpaired) electrons. The normalized spacial score (nSPS) is 25.7. The maximum absolute atomic E-state index is 11.4. The number of hydrogen-bond acceptors (Lipinski definition) is 5. The molecule has 1 aliphatic heterocycles. The molecule has 0 amide bonds. The van der Waals surface area contributed by atoms with Gasteiger partial charge in [-0.1, -0.05) is 0 Å². The van der Waals surface area contributed by atoms with Gasteiger partial charge in [-0.25, -0.2) is 4.98 Å². The zero-order chi connectivity index (χ0) is 15.2. The first kappa shape index (κ1) is 14.8. The number of carboxylic acid groups (broad SMARTS) is 1. The zero-order valence-electron chi connectivity index (χ0n) is 12.9. The molecular formula is C15H23N3O2S. The van der Waals surface area contributed by atoms with Crippen LogP contribution >= 0.6 is 11.3 Å². The highest BCUT2D eigenvalue weighted by atomic mass is 32.1. The van der Waals surface area contributed by atoms with E-state index < -0.39 is 11.9 Å². The second-order valence-electron chi connectivity index (χ2n) is 6.74. The van der Waals surface area contributed by atoms with Crippen molar-refractivity contribution in [3.63, 3.8) is 0 Å². The minimum absolute atomic E-state index is 0.122. The van der Waals surface area contributed by atoms with Gasteiger partial charge in [0.15, 0.2) is 5.13 Å². The summed E-state index contributed by atoms with van der Waals surface area (Å²) in [6.07, 6.45) is 2.66. The van der Waals surface area contributed by atoms with Crippen LogP contribution < -0.4 is 4.90 Å². The zero-order valence-corrected chi connectivity index (χ0v) is 13.7. The van der Waals surface area contributed by atoms with Gasteiger partial charge in [0.1, 0.15) is 5.92 Å². The van der Waals surface area contributed by atoms with Crippen molar-refractivity contribution in [2.45, 2.75) is 44.6 Å². The molecule has 2 aliphatic rings. The number of likely N-dealkylation sites (N-methyl/N-ethyl adjacent to an activating group) is 1.